The predicted molar refractivity (Wildman–Crippen MR) is 96.8 cm³/mol. The summed E-state index contributed by atoms with van der Waals surface area (Å²) in [5, 5.41) is 2.74. The lowest BCUT2D eigenvalue weighted by molar-refractivity contribution is -0.122. The maximum absolute atomic E-state index is 12.5. The number of carbonyl (C=O) groups excluding carboxylic acids is 2. The van der Waals surface area contributed by atoms with E-state index in [1.165, 1.54) is 29.2 Å². The van der Waals surface area contributed by atoms with Crippen LogP contribution in [0.15, 0.2) is 29.2 Å². The molecule has 0 saturated carbocycles. The van der Waals surface area contributed by atoms with Gasteiger partial charge in [0.1, 0.15) is 0 Å². The van der Waals surface area contributed by atoms with Gasteiger partial charge in [0.05, 0.1) is 11.4 Å². The molecule has 0 atom stereocenters. The third-order valence-corrected chi connectivity index (χ3v) is 4.93. The Kier molecular flexibility index (Phi) is 7.57. The van der Waals surface area contributed by atoms with Crippen molar-refractivity contribution in [2.75, 3.05) is 13.1 Å². The second-order valence-electron chi connectivity index (χ2n) is 6.34. The first-order chi connectivity index (χ1) is 11.6. The van der Waals surface area contributed by atoms with Gasteiger partial charge in [0.2, 0.25) is 15.9 Å². The lowest BCUT2D eigenvalue weighted by Crippen LogP contribution is -2.42. The van der Waals surface area contributed by atoms with E-state index in [4.69, 9.17) is 0 Å². The van der Waals surface area contributed by atoms with Gasteiger partial charge in [-0.1, -0.05) is 0 Å². The summed E-state index contributed by atoms with van der Waals surface area (Å²) in [5.41, 5.74) is 0.336. The van der Waals surface area contributed by atoms with Gasteiger partial charge in [-0.25, -0.2) is 13.1 Å². The highest BCUT2D eigenvalue weighted by Gasteiger charge is 2.20. The Morgan fingerprint density at radius 2 is 1.60 bits per heavy atom. The van der Waals surface area contributed by atoms with Gasteiger partial charge in [0.25, 0.3) is 5.91 Å². The molecule has 140 valence electrons. The van der Waals surface area contributed by atoms with Crippen LogP contribution in [-0.2, 0) is 14.8 Å². The molecule has 0 spiro atoms. The molecule has 1 aromatic rings. The van der Waals surface area contributed by atoms with Gasteiger partial charge in [-0.3, -0.25) is 9.59 Å². The molecule has 0 aromatic heterocycles. The number of rotatable bonds is 8. The molecule has 0 aliphatic carbocycles. The standard InChI is InChI=1S/C17H27N3O4S/c1-6-20(11-16(21)18-12(2)3)17(22)14-7-9-15(10-8-14)25(23,24)19-13(4)5/h7-10,12-13,19H,6,11H2,1-5H3,(H,18,21). The first-order valence-electron chi connectivity index (χ1n) is 8.27. The maximum Gasteiger partial charge on any atom is 0.254 e. The first kappa shape index (κ1) is 21.1. The molecule has 2 N–H and O–H groups in total. The average molecular weight is 369 g/mol. The smallest absolute Gasteiger partial charge is 0.254 e. The second kappa shape index (κ2) is 8.96. The zero-order chi connectivity index (χ0) is 19.2. The fraction of sp³-hybridized carbons (Fsp3) is 0.529. The molecule has 25 heavy (non-hydrogen) atoms. The normalized spacial score (nSPS) is 11.6. The van der Waals surface area contributed by atoms with E-state index in [0.29, 0.717) is 12.1 Å². The highest BCUT2D eigenvalue weighted by molar-refractivity contribution is 7.89. The summed E-state index contributed by atoms with van der Waals surface area (Å²) in [6.45, 7) is 9.28. The molecule has 0 aliphatic rings. The van der Waals surface area contributed by atoms with Crippen molar-refractivity contribution in [2.45, 2.75) is 51.6 Å². The molecule has 0 aliphatic heterocycles. The van der Waals surface area contributed by atoms with E-state index in [-0.39, 0.29) is 35.3 Å². The van der Waals surface area contributed by atoms with Crippen molar-refractivity contribution in [3.05, 3.63) is 29.8 Å². The SMILES string of the molecule is CCN(CC(=O)NC(C)C)C(=O)c1ccc(S(=O)(=O)NC(C)C)cc1. The van der Waals surface area contributed by atoms with Crippen molar-refractivity contribution in [1.29, 1.82) is 0 Å². The summed E-state index contributed by atoms with van der Waals surface area (Å²) in [6.07, 6.45) is 0. The minimum absolute atomic E-state index is 0.000689. The number of hydrogen-bond donors (Lipinski definition) is 2. The topological polar surface area (TPSA) is 95.6 Å². The zero-order valence-electron chi connectivity index (χ0n) is 15.4. The third-order valence-electron chi connectivity index (χ3n) is 3.26. The molecule has 1 aromatic carbocycles. The molecule has 0 heterocycles. The molecule has 7 nitrogen and oxygen atoms in total. The molecule has 0 fully saturated rings. The van der Waals surface area contributed by atoms with Crippen LogP contribution in [0.25, 0.3) is 0 Å². The van der Waals surface area contributed by atoms with E-state index in [2.05, 4.69) is 10.0 Å². The Labute approximate surface area is 149 Å². The summed E-state index contributed by atoms with van der Waals surface area (Å²) in [4.78, 5) is 25.9. The predicted octanol–water partition coefficient (Wildman–Crippen LogP) is 1.36. The number of hydrogen-bond acceptors (Lipinski definition) is 4. The molecular weight excluding hydrogens is 342 g/mol. The number of carbonyl (C=O) groups is 2. The van der Waals surface area contributed by atoms with E-state index >= 15 is 0 Å². The summed E-state index contributed by atoms with van der Waals surface area (Å²) in [5.74, 6) is -0.548. The molecule has 0 radical (unpaired) electrons. The van der Waals surface area contributed by atoms with Crippen LogP contribution in [-0.4, -0.2) is 50.3 Å². The number of likely N-dealkylation sites (N-methyl/N-ethyl adjacent to an activating group) is 1. The van der Waals surface area contributed by atoms with Gasteiger partial charge in [0.15, 0.2) is 0 Å². The highest BCUT2D eigenvalue weighted by Crippen LogP contribution is 2.13. The number of nitrogens with one attached hydrogen (secondary N) is 2. The maximum atomic E-state index is 12.5. The molecule has 8 heteroatoms. The van der Waals surface area contributed by atoms with Crippen LogP contribution >= 0.6 is 0 Å². The molecule has 0 bridgehead atoms. The fourth-order valence-electron chi connectivity index (χ4n) is 2.21. The minimum atomic E-state index is -3.60. The average Bonchev–Trinajstić information content (AvgIpc) is 2.50. The lowest BCUT2D eigenvalue weighted by Gasteiger charge is -2.21. The van der Waals surface area contributed by atoms with Gasteiger partial charge in [-0.15, -0.1) is 0 Å². The molecule has 0 unspecified atom stereocenters. The minimum Gasteiger partial charge on any atom is -0.352 e. The van der Waals surface area contributed by atoms with Gasteiger partial charge in [-0.05, 0) is 58.9 Å². The van der Waals surface area contributed by atoms with E-state index in [0.717, 1.165) is 0 Å². The van der Waals surface area contributed by atoms with Crippen LogP contribution in [0.3, 0.4) is 0 Å². The van der Waals surface area contributed by atoms with Crippen molar-refractivity contribution < 1.29 is 18.0 Å². The Bertz CT molecular complexity index is 697. The number of amides is 2. The lowest BCUT2D eigenvalue weighted by atomic mass is 10.2. The van der Waals surface area contributed by atoms with E-state index in [1.54, 1.807) is 20.8 Å². The van der Waals surface area contributed by atoms with E-state index < -0.39 is 10.0 Å². The summed E-state index contributed by atoms with van der Waals surface area (Å²) in [7, 11) is -3.60. The third kappa shape index (κ3) is 6.47. The van der Waals surface area contributed by atoms with Gasteiger partial charge in [0, 0.05) is 24.2 Å². The van der Waals surface area contributed by atoms with Crippen LogP contribution in [0.1, 0.15) is 45.0 Å². The van der Waals surface area contributed by atoms with Gasteiger partial charge in [-0.2, -0.15) is 0 Å². The first-order valence-corrected chi connectivity index (χ1v) is 9.76. The largest absolute Gasteiger partial charge is 0.352 e. The Morgan fingerprint density at radius 1 is 1.04 bits per heavy atom. The van der Waals surface area contributed by atoms with Gasteiger partial charge < -0.3 is 10.2 Å². The second-order valence-corrected chi connectivity index (χ2v) is 8.06. The number of sulfonamides is 1. The van der Waals surface area contributed by atoms with E-state index in [9.17, 15) is 18.0 Å². The fourth-order valence-corrected chi connectivity index (χ4v) is 3.46. The van der Waals surface area contributed by atoms with Crippen LogP contribution < -0.4 is 10.0 Å². The molecule has 1 rings (SSSR count). The summed E-state index contributed by atoms with van der Waals surface area (Å²) >= 11 is 0. The van der Waals surface area contributed by atoms with Crippen LogP contribution in [0.2, 0.25) is 0 Å². The number of nitrogens with zero attached hydrogens (tertiary/aromatic N) is 1. The van der Waals surface area contributed by atoms with Crippen LogP contribution in [0.4, 0.5) is 0 Å². The number of benzene rings is 1. The molecule has 2 amide bonds. The van der Waals surface area contributed by atoms with Crippen molar-refractivity contribution in [2.24, 2.45) is 0 Å². The van der Waals surface area contributed by atoms with Crippen molar-refractivity contribution in [3.8, 4) is 0 Å². The Morgan fingerprint density at radius 3 is 2.04 bits per heavy atom. The molecule has 0 saturated heterocycles. The zero-order valence-corrected chi connectivity index (χ0v) is 16.2. The van der Waals surface area contributed by atoms with Crippen LogP contribution in [0, 0.1) is 0 Å². The van der Waals surface area contributed by atoms with Crippen molar-refractivity contribution in [1.82, 2.24) is 14.9 Å². The van der Waals surface area contributed by atoms with E-state index in [1.807, 2.05) is 13.8 Å². The van der Waals surface area contributed by atoms with Crippen LogP contribution in [0.5, 0.6) is 0 Å². The van der Waals surface area contributed by atoms with Crippen molar-refractivity contribution >= 4 is 21.8 Å². The Balaban J connectivity index is 2.89. The molecular formula is C17H27N3O4S. The van der Waals surface area contributed by atoms with Crippen molar-refractivity contribution in [3.63, 3.8) is 0 Å². The van der Waals surface area contributed by atoms with Gasteiger partial charge >= 0.3 is 0 Å². The quantitative estimate of drug-likeness (QED) is 0.723. The highest BCUT2D eigenvalue weighted by atomic mass is 32.2. The summed E-state index contributed by atoms with van der Waals surface area (Å²) < 4.78 is 26.7. The monoisotopic (exact) mass is 369 g/mol. The Hall–Kier alpha value is -1.93. The summed E-state index contributed by atoms with van der Waals surface area (Å²) in [6, 6.07) is 5.47.